The van der Waals surface area contributed by atoms with E-state index in [9.17, 15) is 9.18 Å². The minimum Gasteiger partial charge on any atom is -0.327 e. The second kappa shape index (κ2) is 5.34. The van der Waals surface area contributed by atoms with E-state index in [1.165, 1.54) is 18.6 Å². The monoisotopic (exact) mass is 302 g/mol. The fourth-order valence-electron chi connectivity index (χ4n) is 4.79. The van der Waals surface area contributed by atoms with Gasteiger partial charge in [-0.1, -0.05) is 12.5 Å². The number of carbonyl (C=O) groups excluding carboxylic acids is 1. The van der Waals surface area contributed by atoms with Gasteiger partial charge in [0.25, 0.3) is 0 Å². The Labute approximate surface area is 130 Å². The first kappa shape index (κ1) is 14.2. The molecule has 0 saturated heterocycles. The van der Waals surface area contributed by atoms with Gasteiger partial charge in [0.05, 0.1) is 0 Å². The molecular formula is C18H23FN2O. The predicted octanol–water partition coefficient (Wildman–Crippen LogP) is 2.87. The number of amides is 1. The quantitative estimate of drug-likeness (QED) is 0.867. The van der Waals surface area contributed by atoms with Crippen LogP contribution in [-0.4, -0.2) is 18.5 Å². The van der Waals surface area contributed by atoms with Crippen molar-refractivity contribution < 1.29 is 9.18 Å². The van der Waals surface area contributed by atoms with Crippen LogP contribution in [0, 0.1) is 23.6 Å². The van der Waals surface area contributed by atoms with Gasteiger partial charge in [-0.25, -0.2) is 4.39 Å². The van der Waals surface area contributed by atoms with Crippen LogP contribution in [0.3, 0.4) is 0 Å². The maximum absolute atomic E-state index is 13.5. The number of halogens is 1. The molecule has 118 valence electrons. The van der Waals surface area contributed by atoms with Gasteiger partial charge in [-0.3, -0.25) is 4.79 Å². The molecule has 1 heterocycles. The summed E-state index contributed by atoms with van der Waals surface area (Å²) >= 11 is 0. The van der Waals surface area contributed by atoms with Gasteiger partial charge < -0.3 is 10.6 Å². The SMILES string of the molecule is NC1C2CCCC1CC(C(=O)N1CCc3ccc(F)cc31)C2. The first-order valence-corrected chi connectivity index (χ1v) is 8.49. The Morgan fingerprint density at radius 1 is 1.23 bits per heavy atom. The highest BCUT2D eigenvalue weighted by Gasteiger charge is 2.42. The molecule has 2 atom stereocenters. The second-order valence-electron chi connectivity index (χ2n) is 7.21. The molecule has 3 aliphatic rings. The van der Waals surface area contributed by atoms with Crippen LogP contribution in [0.4, 0.5) is 10.1 Å². The number of nitrogens with zero attached hydrogens (tertiary/aromatic N) is 1. The average Bonchev–Trinajstić information content (AvgIpc) is 2.89. The van der Waals surface area contributed by atoms with Crippen LogP contribution in [0.1, 0.15) is 37.7 Å². The van der Waals surface area contributed by atoms with Crippen molar-refractivity contribution in [2.45, 2.75) is 44.6 Å². The number of hydrogen-bond acceptors (Lipinski definition) is 2. The lowest BCUT2D eigenvalue weighted by Crippen LogP contribution is -2.49. The Balaban J connectivity index is 1.55. The third-order valence-corrected chi connectivity index (χ3v) is 5.97. The van der Waals surface area contributed by atoms with Crippen LogP contribution in [-0.2, 0) is 11.2 Å². The lowest BCUT2D eigenvalue weighted by atomic mass is 9.65. The minimum atomic E-state index is -0.263. The first-order valence-electron chi connectivity index (χ1n) is 8.49. The highest BCUT2D eigenvalue weighted by atomic mass is 19.1. The number of carbonyl (C=O) groups is 1. The number of rotatable bonds is 1. The summed E-state index contributed by atoms with van der Waals surface area (Å²) in [6, 6.07) is 5.08. The Morgan fingerprint density at radius 3 is 2.68 bits per heavy atom. The third-order valence-electron chi connectivity index (χ3n) is 5.97. The van der Waals surface area contributed by atoms with E-state index in [2.05, 4.69) is 0 Å². The molecule has 0 radical (unpaired) electrons. The molecule has 2 N–H and O–H groups in total. The number of hydrogen-bond donors (Lipinski definition) is 1. The van der Waals surface area contributed by atoms with Crippen LogP contribution in [0.25, 0.3) is 0 Å². The van der Waals surface area contributed by atoms with Gasteiger partial charge in [-0.05, 0) is 61.6 Å². The Bertz CT molecular complexity index is 589. The lowest BCUT2D eigenvalue weighted by molar-refractivity contribution is -0.125. The van der Waals surface area contributed by atoms with Gasteiger partial charge in [0.15, 0.2) is 0 Å². The molecule has 1 aromatic rings. The molecule has 2 saturated carbocycles. The van der Waals surface area contributed by atoms with Crippen molar-refractivity contribution in [1.29, 1.82) is 0 Å². The van der Waals surface area contributed by atoms with Gasteiger partial charge >= 0.3 is 0 Å². The fourth-order valence-corrected chi connectivity index (χ4v) is 4.79. The van der Waals surface area contributed by atoms with Gasteiger partial charge in [-0.2, -0.15) is 0 Å². The Hall–Kier alpha value is -1.42. The highest BCUT2D eigenvalue weighted by molar-refractivity contribution is 5.97. The van der Waals surface area contributed by atoms with E-state index in [0.29, 0.717) is 18.4 Å². The number of benzene rings is 1. The zero-order chi connectivity index (χ0) is 15.3. The van der Waals surface area contributed by atoms with Crippen LogP contribution in [0.2, 0.25) is 0 Å². The summed E-state index contributed by atoms with van der Waals surface area (Å²) in [7, 11) is 0. The second-order valence-corrected chi connectivity index (χ2v) is 7.21. The van der Waals surface area contributed by atoms with Gasteiger partial charge in [0, 0.05) is 24.2 Å². The standard InChI is InChI=1S/C18H23FN2O/c19-15-5-4-11-6-7-21(16(11)10-15)18(22)14-8-12-2-1-3-13(9-14)17(12)20/h4-5,10,12-14,17H,1-3,6-9,20H2. The van der Waals surface area contributed by atoms with E-state index < -0.39 is 0 Å². The van der Waals surface area contributed by atoms with Crippen molar-refractivity contribution in [3.63, 3.8) is 0 Å². The summed E-state index contributed by atoms with van der Waals surface area (Å²) < 4.78 is 13.5. The van der Waals surface area contributed by atoms with E-state index in [1.807, 2.05) is 11.0 Å². The van der Waals surface area contributed by atoms with Crippen molar-refractivity contribution in [1.82, 2.24) is 0 Å². The molecule has 1 amide bonds. The van der Waals surface area contributed by atoms with Crippen LogP contribution in [0.15, 0.2) is 18.2 Å². The zero-order valence-electron chi connectivity index (χ0n) is 12.8. The molecule has 1 aliphatic heterocycles. The largest absolute Gasteiger partial charge is 0.327 e. The smallest absolute Gasteiger partial charge is 0.230 e. The molecule has 2 fully saturated rings. The van der Waals surface area contributed by atoms with Gasteiger partial charge in [-0.15, -0.1) is 0 Å². The molecule has 2 unspecified atom stereocenters. The molecule has 4 rings (SSSR count). The molecule has 4 heteroatoms. The molecule has 2 bridgehead atoms. The maximum Gasteiger partial charge on any atom is 0.230 e. The number of nitrogens with two attached hydrogens (primary N) is 1. The van der Waals surface area contributed by atoms with Crippen molar-refractivity contribution >= 4 is 11.6 Å². The van der Waals surface area contributed by atoms with Crippen molar-refractivity contribution in [2.24, 2.45) is 23.5 Å². The van der Waals surface area contributed by atoms with E-state index in [4.69, 9.17) is 5.73 Å². The topological polar surface area (TPSA) is 46.3 Å². The summed E-state index contributed by atoms with van der Waals surface area (Å²) in [4.78, 5) is 14.8. The van der Waals surface area contributed by atoms with Crippen LogP contribution < -0.4 is 10.6 Å². The highest BCUT2D eigenvalue weighted by Crippen LogP contribution is 2.43. The number of anilines is 1. The Morgan fingerprint density at radius 2 is 1.95 bits per heavy atom. The molecular weight excluding hydrogens is 279 g/mol. The molecule has 0 aromatic heterocycles. The van der Waals surface area contributed by atoms with E-state index in [1.54, 1.807) is 0 Å². The first-order chi connectivity index (χ1) is 10.6. The third kappa shape index (κ3) is 2.24. The lowest BCUT2D eigenvalue weighted by Gasteiger charge is -2.44. The Kier molecular flexibility index (Phi) is 3.44. The molecule has 2 aliphatic carbocycles. The maximum atomic E-state index is 13.5. The van der Waals surface area contributed by atoms with Gasteiger partial charge in [0.2, 0.25) is 5.91 Å². The van der Waals surface area contributed by atoms with E-state index in [-0.39, 0.29) is 23.7 Å². The summed E-state index contributed by atoms with van der Waals surface area (Å²) in [6.45, 7) is 0.690. The summed E-state index contributed by atoms with van der Waals surface area (Å²) in [5, 5.41) is 0. The van der Waals surface area contributed by atoms with Crippen molar-refractivity contribution in [2.75, 3.05) is 11.4 Å². The van der Waals surface area contributed by atoms with Crippen LogP contribution in [0.5, 0.6) is 0 Å². The normalized spacial score (nSPS) is 33.6. The van der Waals surface area contributed by atoms with Crippen molar-refractivity contribution in [3.8, 4) is 0 Å². The molecule has 3 nitrogen and oxygen atoms in total. The minimum absolute atomic E-state index is 0.0734. The fraction of sp³-hybridized carbons (Fsp3) is 0.611. The molecule has 0 spiro atoms. The predicted molar refractivity (Wildman–Crippen MR) is 84.0 cm³/mol. The zero-order valence-corrected chi connectivity index (χ0v) is 12.8. The van der Waals surface area contributed by atoms with E-state index >= 15 is 0 Å². The molecule has 22 heavy (non-hydrogen) atoms. The average molecular weight is 302 g/mol. The van der Waals surface area contributed by atoms with E-state index in [0.717, 1.165) is 43.4 Å². The van der Waals surface area contributed by atoms with Crippen molar-refractivity contribution in [3.05, 3.63) is 29.6 Å². The van der Waals surface area contributed by atoms with Crippen LogP contribution >= 0.6 is 0 Å². The molecule has 1 aromatic carbocycles. The summed E-state index contributed by atoms with van der Waals surface area (Å²) in [6.07, 6.45) is 6.23. The van der Waals surface area contributed by atoms with Gasteiger partial charge in [0.1, 0.15) is 5.82 Å². The number of fused-ring (bicyclic) bond motifs is 3. The summed E-state index contributed by atoms with van der Waals surface area (Å²) in [5.41, 5.74) is 8.19. The summed E-state index contributed by atoms with van der Waals surface area (Å²) in [5.74, 6) is 0.991.